The molecular weight excluding hydrogens is 562 g/mol. The minimum atomic E-state index is -0.618. The number of rotatable bonds is 9. The first-order valence-corrected chi connectivity index (χ1v) is 14.0. The summed E-state index contributed by atoms with van der Waals surface area (Å²) in [6.07, 6.45) is 4.03. The number of likely N-dealkylation sites (tertiary alicyclic amines) is 1. The molecule has 3 rings (SSSR count). The fraction of sp³-hybridized carbons (Fsp3) is 0.448. The molecule has 2 aromatic rings. The number of nitrogens with zero attached hydrogens (tertiary/aromatic N) is 3. The highest BCUT2D eigenvalue weighted by Crippen LogP contribution is 2.23. The van der Waals surface area contributed by atoms with Crippen LogP contribution in [0.5, 0.6) is 0 Å². The molecule has 2 heterocycles. The molecule has 1 atom stereocenters. The molecule has 13 heteroatoms. The molecular formula is C29H36ClN7O5. The summed E-state index contributed by atoms with van der Waals surface area (Å²) in [7, 11) is 0. The highest BCUT2D eigenvalue weighted by molar-refractivity contribution is 6.30. The first-order valence-electron chi connectivity index (χ1n) is 13.6. The van der Waals surface area contributed by atoms with Crippen molar-refractivity contribution in [2.45, 2.75) is 65.0 Å². The number of hydrogen-bond acceptors (Lipinski definition) is 9. The number of nitrogens with one attached hydrogen (secondary N) is 4. The van der Waals surface area contributed by atoms with E-state index in [0.29, 0.717) is 54.9 Å². The van der Waals surface area contributed by atoms with E-state index in [2.05, 4.69) is 37.8 Å². The Morgan fingerprint density at radius 3 is 2.76 bits per heavy atom. The van der Waals surface area contributed by atoms with Crippen LogP contribution in [0.1, 0.15) is 64.5 Å². The molecule has 0 spiro atoms. The lowest BCUT2D eigenvalue weighted by atomic mass is 10.1. The molecule has 1 aromatic heterocycles. The van der Waals surface area contributed by atoms with E-state index in [4.69, 9.17) is 26.5 Å². The highest BCUT2D eigenvalue weighted by Gasteiger charge is 2.36. The summed E-state index contributed by atoms with van der Waals surface area (Å²) in [4.78, 5) is 46.7. The van der Waals surface area contributed by atoms with Gasteiger partial charge in [-0.15, -0.1) is 0 Å². The van der Waals surface area contributed by atoms with Crippen LogP contribution < -0.4 is 16.0 Å². The molecule has 1 aliphatic rings. The number of benzene rings is 1. The van der Waals surface area contributed by atoms with Gasteiger partial charge in [-0.1, -0.05) is 23.4 Å². The van der Waals surface area contributed by atoms with Gasteiger partial charge >= 0.3 is 12.2 Å². The molecule has 1 unspecified atom stereocenters. The van der Waals surface area contributed by atoms with Crippen LogP contribution in [-0.4, -0.2) is 70.5 Å². The predicted octanol–water partition coefficient (Wildman–Crippen LogP) is 5.09. The number of unbranched alkanes of at least 4 members (excludes halogenated alkanes) is 1. The van der Waals surface area contributed by atoms with Gasteiger partial charge in [-0.2, -0.15) is 4.98 Å². The second kappa shape index (κ2) is 15.0. The van der Waals surface area contributed by atoms with Crippen molar-refractivity contribution in [3.05, 3.63) is 40.7 Å². The first-order chi connectivity index (χ1) is 20.0. The number of aromatic nitrogens is 2. The number of ether oxygens (including phenoxy) is 2. The molecule has 42 heavy (non-hydrogen) atoms. The third kappa shape index (κ3) is 9.62. The van der Waals surface area contributed by atoms with Crippen molar-refractivity contribution in [2.75, 3.05) is 30.3 Å². The summed E-state index contributed by atoms with van der Waals surface area (Å²) in [5, 5.41) is 16.3. The maximum atomic E-state index is 12.6. The van der Waals surface area contributed by atoms with Crippen LogP contribution in [0.3, 0.4) is 0 Å². The lowest BCUT2D eigenvalue weighted by Crippen LogP contribution is -2.47. The third-order valence-electron chi connectivity index (χ3n) is 5.90. The zero-order chi connectivity index (χ0) is 30.7. The summed E-state index contributed by atoms with van der Waals surface area (Å²) >= 11 is 6.31. The van der Waals surface area contributed by atoms with Gasteiger partial charge in [0.2, 0.25) is 11.9 Å². The summed E-state index contributed by atoms with van der Waals surface area (Å²) in [5.41, 5.74) is 1.32. The Morgan fingerprint density at radius 1 is 1.29 bits per heavy atom. The van der Waals surface area contributed by atoms with Gasteiger partial charge in [0, 0.05) is 43.2 Å². The van der Waals surface area contributed by atoms with Gasteiger partial charge in [0.15, 0.2) is 0 Å². The van der Waals surface area contributed by atoms with E-state index in [1.54, 1.807) is 45.9 Å². The first kappa shape index (κ1) is 32.1. The van der Waals surface area contributed by atoms with E-state index in [-0.39, 0.29) is 23.6 Å². The van der Waals surface area contributed by atoms with Crippen LogP contribution in [0.25, 0.3) is 0 Å². The van der Waals surface area contributed by atoms with E-state index in [0.717, 1.165) is 12.6 Å². The van der Waals surface area contributed by atoms with Gasteiger partial charge < -0.3 is 25.5 Å². The Bertz CT molecular complexity index is 1370. The topological polar surface area (TPSA) is 159 Å². The third-order valence-corrected chi connectivity index (χ3v) is 6.19. The van der Waals surface area contributed by atoms with Crippen LogP contribution in [-0.2, 0) is 14.3 Å². The molecule has 0 saturated carbocycles. The maximum absolute atomic E-state index is 12.6. The minimum Gasteiger partial charge on any atom is -0.450 e. The lowest BCUT2D eigenvalue weighted by Gasteiger charge is -2.28. The Kier molecular flexibility index (Phi) is 11.5. The Hall–Kier alpha value is -4.37. The molecule has 1 saturated heterocycles. The van der Waals surface area contributed by atoms with E-state index < -0.39 is 23.8 Å². The zero-order valence-electron chi connectivity index (χ0n) is 24.2. The van der Waals surface area contributed by atoms with Crippen LogP contribution in [0.2, 0.25) is 5.15 Å². The number of hydrogen-bond donors (Lipinski definition) is 4. The fourth-order valence-electron chi connectivity index (χ4n) is 4.03. The van der Waals surface area contributed by atoms with Crippen molar-refractivity contribution in [2.24, 2.45) is 0 Å². The number of amides is 3. The molecule has 1 fully saturated rings. The quantitative estimate of drug-likeness (QED) is 0.135. The smallest absolute Gasteiger partial charge is 0.411 e. The molecule has 0 bridgehead atoms. The van der Waals surface area contributed by atoms with Crippen molar-refractivity contribution in [3.8, 4) is 11.8 Å². The average Bonchev–Trinajstić information content (AvgIpc) is 3.42. The highest BCUT2D eigenvalue weighted by atomic mass is 35.5. The predicted molar refractivity (Wildman–Crippen MR) is 160 cm³/mol. The number of carbonyl (C=O) groups is 3. The van der Waals surface area contributed by atoms with Crippen LogP contribution >= 0.6 is 11.6 Å². The van der Waals surface area contributed by atoms with Crippen LogP contribution in [0.4, 0.5) is 26.9 Å². The zero-order valence-corrected chi connectivity index (χ0v) is 24.9. The van der Waals surface area contributed by atoms with Crippen molar-refractivity contribution in [1.29, 1.82) is 5.41 Å². The van der Waals surface area contributed by atoms with Gasteiger partial charge in [0.25, 0.3) is 0 Å². The van der Waals surface area contributed by atoms with E-state index in [9.17, 15) is 14.4 Å². The largest absolute Gasteiger partial charge is 0.450 e. The minimum absolute atomic E-state index is 0.171. The van der Waals surface area contributed by atoms with Crippen LogP contribution in [0.15, 0.2) is 24.4 Å². The molecule has 0 radical (unpaired) electrons. The van der Waals surface area contributed by atoms with Crippen molar-refractivity contribution in [3.63, 3.8) is 0 Å². The number of anilines is 3. The van der Waals surface area contributed by atoms with Gasteiger partial charge in [-0.25, -0.2) is 14.6 Å². The van der Waals surface area contributed by atoms with Crippen molar-refractivity contribution < 1.29 is 23.9 Å². The molecule has 0 aliphatic carbocycles. The van der Waals surface area contributed by atoms with Gasteiger partial charge in [0.1, 0.15) is 16.8 Å². The second-order valence-electron chi connectivity index (χ2n) is 10.3. The number of carbonyl (C=O) groups excluding carboxylic acids is 3. The molecule has 1 aliphatic heterocycles. The molecule has 3 amide bonds. The van der Waals surface area contributed by atoms with Gasteiger partial charge in [0.05, 0.1) is 17.9 Å². The summed E-state index contributed by atoms with van der Waals surface area (Å²) in [6.45, 7) is 8.26. The summed E-state index contributed by atoms with van der Waals surface area (Å²) in [5.74, 6) is 6.01. The standard InChI is InChI=1S/C29H36ClN7O5/c1-5-41-27(39)35-22-13-12-21(16-20(22)17-31)34-26-33-18-19(24(30)36-26)10-7-6-8-14-32-25(38)23-11-9-15-37(23)28(40)42-29(2,3)4/h12-13,16-18,23,31H,5-6,8-9,11,14-15H2,1-4H3,(H,32,38)(H,35,39)(H,33,34,36). The summed E-state index contributed by atoms with van der Waals surface area (Å²) in [6, 6.07) is 4.46. The van der Waals surface area contributed by atoms with Gasteiger partial charge in [-0.3, -0.25) is 15.0 Å². The molecule has 1 aromatic carbocycles. The lowest BCUT2D eigenvalue weighted by molar-refractivity contribution is -0.125. The Labute approximate surface area is 250 Å². The van der Waals surface area contributed by atoms with E-state index in [1.165, 1.54) is 11.1 Å². The monoisotopic (exact) mass is 597 g/mol. The molecule has 12 nitrogen and oxygen atoms in total. The van der Waals surface area contributed by atoms with Crippen molar-refractivity contribution in [1.82, 2.24) is 20.2 Å². The fourth-order valence-corrected chi connectivity index (χ4v) is 4.20. The average molecular weight is 598 g/mol. The van der Waals surface area contributed by atoms with E-state index >= 15 is 0 Å². The summed E-state index contributed by atoms with van der Waals surface area (Å²) < 4.78 is 10.3. The SMILES string of the molecule is CCOC(=O)Nc1ccc(Nc2ncc(C#CCCCNC(=O)C3CCCN3C(=O)OC(C)(C)C)c(Cl)n2)cc1C=N. The molecule has 4 N–H and O–H groups in total. The normalized spacial score (nSPS) is 14.3. The maximum Gasteiger partial charge on any atom is 0.411 e. The van der Waals surface area contributed by atoms with E-state index in [1.807, 2.05) is 0 Å². The Morgan fingerprint density at radius 2 is 2.07 bits per heavy atom. The van der Waals surface area contributed by atoms with Crippen LogP contribution in [0, 0.1) is 17.3 Å². The molecule has 224 valence electrons. The van der Waals surface area contributed by atoms with Gasteiger partial charge in [-0.05, 0) is 65.2 Å². The van der Waals surface area contributed by atoms with Crippen molar-refractivity contribution >= 4 is 53.2 Å². The second-order valence-corrected chi connectivity index (χ2v) is 10.7. The Balaban J connectivity index is 1.48. The number of halogens is 1.